The van der Waals surface area contributed by atoms with Gasteiger partial charge >= 0.3 is 0 Å². The summed E-state index contributed by atoms with van der Waals surface area (Å²) in [4.78, 5) is 0. The zero-order chi connectivity index (χ0) is 16.9. The smallest absolute Gasteiger partial charge is 0.208 e. The molecule has 0 fully saturated rings. The number of nitrogens with one attached hydrogen (secondary N) is 2. The Morgan fingerprint density at radius 1 is 1.09 bits per heavy atom. The molecule has 0 radical (unpaired) electrons. The van der Waals surface area contributed by atoms with Gasteiger partial charge in [0, 0.05) is 12.1 Å². The van der Waals surface area contributed by atoms with Crippen molar-refractivity contribution in [2.45, 2.75) is 13.0 Å². The average Bonchev–Trinajstić information content (AvgIpc) is 2.93. The molecule has 0 amide bonds. The molecule has 2 rings (SSSR count). The largest absolute Gasteiger partial charge is 0.460 e. The molecule has 0 atom stereocenters. The second-order valence-electron chi connectivity index (χ2n) is 5.09. The summed E-state index contributed by atoms with van der Waals surface area (Å²) < 4.78 is 30.0. The molecule has 8 heteroatoms. The van der Waals surface area contributed by atoms with Gasteiger partial charge in [-0.05, 0) is 43.3 Å². The lowest BCUT2D eigenvalue weighted by Crippen LogP contribution is -2.26. The Morgan fingerprint density at radius 3 is 2.57 bits per heavy atom. The van der Waals surface area contributed by atoms with E-state index in [0.29, 0.717) is 36.1 Å². The maximum absolute atomic E-state index is 10.9. The van der Waals surface area contributed by atoms with Crippen molar-refractivity contribution in [3.63, 3.8) is 0 Å². The number of hydrogen-bond acceptors (Lipinski definition) is 4. The van der Waals surface area contributed by atoms with Crippen LogP contribution in [0.5, 0.6) is 0 Å². The topological polar surface area (TPSA) is 71.3 Å². The normalized spacial score (nSPS) is 11.8. The number of rotatable bonds is 8. The van der Waals surface area contributed by atoms with Gasteiger partial charge in [0.05, 0.1) is 22.8 Å². The minimum absolute atomic E-state index is 0.415. The van der Waals surface area contributed by atoms with Crippen molar-refractivity contribution in [3.05, 3.63) is 46.1 Å². The van der Waals surface area contributed by atoms with Crippen LogP contribution in [0.1, 0.15) is 12.2 Å². The van der Waals surface area contributed by atoms with Crippen LogP contribution in [0.2, 0.25) is 10.0 Å². The van der Waals surface area contributed by atoms with Crippen molar-refractivity contribution in [1.82, 2.24) is 10.0 Å². The molecule has 1 heterocycles. The zero-order valence-corrected chi connectivity index (χ0v) is 14.9. The van der Waals surface area contributed by atoms with Gasteiger partial charge in [0.25, 0.3) is 0 Å². The summed E-state index contributed by atoms with van der Waals surface area (Å²) in [7, 11) is -3.11. The molecule has 0 aliphatic heterocycles. The fourth-order valence-electron chi connectivity index (χ4n) is 1.96. The third-order valence-electron chi connectivity index (χ3n) is 3.06. The first-order chi connectivity index (χ1) is 10.8. The first kappa shape index (κ1) is 18.3. The monoisotopic (exact) mass is 376 g/mol. The molecular formula is C15H18Cl2N2O3S. The summed E-state index contributed by atoms with van der Waals surface area (Å²) in [5.41, 5.74) is 0.864. The Bertz CT molecular complexity index is 760. The summed E-state index contributed by atoms with van der Waals surface area (Å²) in [6.07, 6.45) is 1.85. The van der Waals surface area contributed by atoms with E-state index in [0.717, 1.165) is 23.3 Å². The molecular weight excluding hydrogens is 359 g/mol. The van der Waals surface area contributed by atoms with E-state index in [2.05, 4.69) is 10.0 Å². The SMILES string of the molecule is CS(=O)(=O)NCCCNCc1ccc(-c2ccc(Cl)c(Cl)c2)o1. The van der Waals surface area contributed by atoms with E-state index in [4.69, 9.17) is 27.6 Å². The molecule has 0 spiro atoms. The molecule has 0 bridgehead atoms. The van der Waals surface area contributed by atoms with Gasteiger partial charge in [-0.2, -0.15) is 0 Å². The number of furan rings is 1. The first-order valence-electron chi connectivity index (χ1n) is 7.04. The first-order valence-corrected chi connectivity index (χ1v) is 9.69. The van der Waals surface area contributed by atoms with Crippen LogP contribution in [0.25, 0.3) is 11.3 Å². The van der Waals surface area contributed by atoms with Crippen molar-refractivity contribution in [1.29, 1.82) is 0 Å². The summed E-state index contributed by atoms with van der Waals surface area (Å²) in [5.74, 6) is 1.52. The van der Waals surface area contributed by atoms with Crippen LogP contribution in [0.4, 0.5) is 0 Å². The highest BCUT2D eigenvalue weighted by Gasteiger charge is 2.07. The summed E-state index contributed by atoms with van der Waals surface area (Å²) in [6, 6.07) is 9.10. The number of hydrogen-bond donors (Lipinski definition) is 2. The fourth-order valence-corrected chi connectivity index (χ4v) is 2.77. The summed E-state index contributed by atoms with van der Waals surface area (Å²) in [6.45, 7) is 1.67. The van der Waals surface area contributed by atoms with E-state index < -0.39 is 10.0 Å². The predicted octanol–water partition coefficient (Wildman–Crippen LogP) is 3.28. The third kappa shape index (κ3) is 6.16. The van der Waals surface area contributed by atoms with Gasteiger partial charge in [-0.25, -0.2) is 13.1 Å². The molecule has 2 N–H and O–H groups in total. The van der Waals surface area contributed by atoms with E-state index in [1.165, 1.54) is 0 Å². The number of benzene rings is 1. The predicted molar refractivity (Wildman–Crippen MR) is 93.3 cm³/mol. The van der Waals surface area contributed by atoms with Crippen LogP contribution < -0.4 is 10.0 Å². The zero-order valence-electron chi connectivity index (χ0n) is 12.6. The van der Waals surface area contributed by atoms with Crippen molar-refractivity contribution in [2.24, 2.45) is 0 Å². The van der Waals surface area contributed by atoms with Gasteiger partial charge in [0.15, 0.2) is 0 Å². The fraction of sp³-hybridized carbons (Fsp3) is 0.333. The Labute approximate surface area is 146 Å². The third-order valence-corrected chi connectivity index (χ3v) is 4.53. The minimum Gasteiger partial charge on any atom is -0.460 e. The molecule has 0 aliphatic rings. The molecule has 0 unspecified atom stereocenters. The second kappa shape index (κ2) is 8.17. The maximum atomic E-state index is 10.9. The van der Waals surface area contributed by atoms with Gasteiger partial charge in [0.2, 0.25) is 10.0 Å². The summed E-state index contributed by atoms with van der Waals surface area (Å²) >= 11 is 11.9. The number of sulfonamides is 1. The van der Waals surface area contributed by atoms with Crippen molar-refractivity contribution < 1.29 is 12.8 Å². The number of halogens is 2. The van der Waals surface area contributed by atoms with Gasteiger partial charge in [-0.15, -0.1) is 0 Å². The molecule has 126 valence electrons. The Hall–Kier alpha value is -1.05. The van der Waals surface area contributed by atoms with E-state index in [-0.39, 0.29) is 0 Å². The van der Waals surface area contributed by atoms with Gasteiger partial charge in [-0.1, -0.05) is 23.2 Å². The van der Waals surface area contributed by atoms with Crippen molar-refractivity contribution in [2.75, 3.05) is 19.3 Å². The van der Waals surface area contributed by atoms with Gasteiger partial charge in [0.1, 0.15) is 11.5 Å². The van der Waals surface area contributed by atoms with E-state index >= 15 is 0 Å². The molecule has 1 aromatic heterocycles. The van der Waals surface area contributed by atoms with Crippen molar-refractivity contribution >= 4 is 33.2 Å². The van der Waals surface area contributed by atoms with Crippen LogP contribution in [-0.4, -0.2) is 27.8 Å². The minimum atomic E-state index is -3.11. The Morgan fingerprint density at radius 2 is 1.87 bits per heavy atom. The average molecular weight is 377 g/mol. The van der Waals surface area contributed by atoms with Crippen molar-refractivity contribution in [3.8, 4) is 11.3 Å². The lowest BCUT2D eigenvalue weighted by Gasteiger charge is -2.04. The molecule has 23 heavy (non-hydrogen) atoms. The molecule has 0 aliphatic carbocycles. The van der Waals surface area contributed by atoms with E-state index in [1.54, 1.807) is 12.1 Å². The van der Waals surface area contributed by atoms with Crippen LogP contribution in [-0.2, 0) is 16.6 Å². The molecule has 1 aromatic carbocycles. The van der Waals surface area contributed by atoms with Crippen LogP contribution in [0.15, 0.2) is 34.7 Å². The highest BCUT2D eigenvalue weighted by Crippen LogP contribution is 2.29. The molecule has 2 aromatic rings. The van der Waals surface area contributed by atoms with Gasteiger partial charge in [-0.3, -0.25) is 0 Å². The van der Waals surface area contributed by atoms with Crippen LogP contribution in [0, 0.1) is 0 Å². The standard InChI is InChI=1S/C15H18Cl2N2O3S/c1-23(20,21)19-8-2-7-18-10-12-4-6-15(22-12)11-3-5-13(16)14(17)9-11/h3-6,9,18-19H,2,7-8,10H2,1H3. The molecule has 5 nitrogen and oxygen atoms in total. The maximum Gasteiger partial charge on any atom is 0.208 e. The van der Waals surface area contributed by atoms with E-state index in [9.17, 15) is 8.42 Å². The molecule has 0 saturated heterocycles. The van der Waals surface area contributed by atoms with Crippen LogP contribution >= 0.6 is 23.2 Å². The quantitative estimate of drug-likeness (QED) is 0.693. The summed E-state index contributed by atoms with van der Waals surface area (Å²) in [5, 5.41) is 4.19. The highest BCUT2D eigenvalue weighted by molar-refractivity contribution is 7.88. The highest BCUT2D eigenvalue weighted by atomic mass is 35.5. The Kier molecular flexibility index (Phi) is 6.50. The lowest BCUT2D eigenvalue weighted by atomic mass is 10.2. The van der Waals surface area contributed by atoms with Gasteiger partial charge < -0.3 is 9.73 Å². The van der Waals surface area contributed by atoms with E-state index in [1.807, 2.05) is 18.2 Å². The second-order valence-corrected chi connectivity index (χ2v) is 7.74. The lowest BCUT2D eigenvalue weighted by molar-refractivity contribution is 0.490. The van der Waals surface area contributed by atoms with Crippen LogP contribution in [0.3, 0.4) is 0 Å². The molecule has 0 saturated carbocycles. The Balaban J connectivity index is 1.80.